The molecule has 2 aliphatic rings. The van der Waals surface area contributed by atoms with Gasteiger partial charge in [-0.1, -0.05) is 24.6 Å². The van der Waals surface area contributed by atoms with Crippen molar-refractivity contribution in [1.82, 2.24) is 0 Å². The van der Waals surface area contributed by atoms with Crippen molar-refractivity contribution in [3.63, 3.8) is 0 Å². The maximum Gasteiger partial charge on any atom is 0.0348 e. The Morgan fingerprint density at radius 1 is 1.06 bits per heavy atom. The Morgan fingerprint density at radius 2 is 2.00 bits per heavy atom. The molecule has 1 saturated carbocycles. The Labute approximate surface area is 100 Å². The predicted molar refractivity (Wildman–Crippen MR) is 70.2 cm³/mol. The molecule has 0 bridgehead atoms. The van der Waals surface area contributed by atoms with E-state index < -0.39 is 0 Å². The topological polar surface area (TPSA) is 0 Å². The fourth-order valence-electron chi connectivity index (χ4n) is 3.73. The zero-order valence-corrected chi connectivity index (χ0v) is 10.2. The summed E-state index contributed by atoms with van der Waals surface area (Å²) in [6.07, 6.45) is 7.17. The quantitative estimate of drug-likeness (QED) is 0.611. The lowest BCUT2D eigenvalue weighted by Gasteiger charge is -2.25. The molecule has 0 saturated heterocycles. The molecule has 0 aliphatic heterocycles. The lowest BCUT2D eigenvalue weighted by atomic mass is 9.81. The second kappa shape index (κ2) is 3.33. The van der Waals surface area contributed by atoms with Crippen molar-refractivity contribution in [3.05, 3.63) is 34.7 Å². The van der Waals surface area contributed by atoms with Crippen LogP contribution in [0, 0.1) is 5.92 Å². The van der Waals surface area contributed by atoms with Gasteiger partial charge in [-0.2, -0.15) is 0 Å². The molecule has 2 aliphatic carbocycles. The summed E-state index contributed by atoms with van der Waals surface area (Å²) < 4.78 is 1.51. The molecule has 2 unspecified atom stereocenters. The minimum absolute atomic E-state index is 0.918. The first-order valence-electron chi connectivity index (χ1n) is 6.44. The van der Waals surface area contributed by atoms with Crippen LogP contribution >= 0.6 is 11.3 Å². The average molecular weight is 228 g/mol. The maximum atomic E-state index is 2.32. The Balaban J connectivity index is 1.96. The lowest BCUT2D eigenvalue weighted by Crippen LogP contribution is -2.13. The smallest absolute Gasteiger partial charge is 0.0348 e. The van der Waals surface area contributed by atoms with Gasteiger partial charge in [-0.15, -0.1) is 11.3 Å². The van der Waals surface area contributed by atoms with Crippen molar-refractivity contribution in [2.24, 2.45) is 5.92 Å². The van der Waals surface area contributed by atoms with Crippen molar-refractivity contribution in [2.45, 2.75) is 38.0 Å². The molecule has 2 aromatic rings. The van der Waals surface area contributed by atoms with E-state index in [9.17, 15) is 0 Å². The second-order valence-corrected chi connectivity index (χ2v) is 6.36. The highest BCUT2D eigenvalue weighted by Gasteiger charge is 2.35. The zero-order chi connectivity index (χ0) is 10.5. The van der Waals surface area contributed by atoms with Crippen LogP contribution in [0.4, 0.5) is 0 Å². The van der Waals surface area contributed by atoms with Gasteiger partial charge in [0.05, 0.1) is 0 Å². The van der Waals surface area contributed by atoms with E-state index in [1.54, 1.807) is 15.8 Å². The van der Waals surface area contributed by atoms with Gasteiger partial charge >= 0.3 is 0 Å². The van der Waals surface area contributed by atoms with Gasteiger partial charge in [0.1, 0.15) is 0 Å². The van der Waals surface area contributed by atoms with Crippen LogP contribution in [0.5, 0.6) is 0 Å². The van der Waals surface area contributed by atoms with E-state index in [0.29, 0.717) is 0 Å². The fraction of sp³-hybridized carbons (Fsp3) is 0.467. The molecular weight excluding hydrogens is 212 g/mol. The molecule has 0 spiro atoms. The highest BCUT2D eigenvalue weighted by Crippen LogP contribution is 2.51. The Morgan fingerprint density at radius 3 is 3.00 bits per heavy atom. The highest BCUT2D eigenvalue weighted by molar-refractivity contribution is 7.19. The molecule has 2 atom stereocenters. The summed E-state index contributed by atoms with van der Waals surface area (Å²) in [5.74, 6) is 1.93. The largest absolute Gasteiger partial charge is 0.140 e. The van der Waals surface area contributed by atoms with Crippen molar-refractivity contribution in [2.75, 3.05) is 0 Å². The molecule has 1 aromatic heterocycles. The number of hydrogen-bond donors (Lipinski definition) is 0. The third kappa shape index (κ3) is 1.15. The molecule has 82 valence electrons. The van der Waals surface area contributed by atoms with E-state index in [-0.39, 0.29) is 0 Å². The molecule has 1 heteroatoms. The Hall–Kier alpha value is -0.820. The van der Waals surface area contributed by atoms with Crippen LogP contribution in [0.1, 0.15) is 42.0 Å². The molecule has 0 nitrogen and oxygen atoms in total. The van der Waals surface area contributed by atoms with Gasteiger partial charge in [-0.25, -0.2) is 0 Å². The maximum absolute atomic E-state index is 2.32. The van der Waals surface area contributed by atoms with Gasteiger partial charge in [0.15, 0.2) is 0 Å². The molecule has 0 amide bonds. The first-order valence-corrected chi connectivity index (χ1v) is 7.25. The van der Waals surface area contributed by atoms with Gasteiger partial charge in [0.2, 0.25) is 0 Å². The number of fused-ring (bicyclic) bond motifs is 5. The summed E-state index contributed by atoms with van der Waals surface area (Å²) in [7, 11) is 0. The molecule has 1 aromatic carbocycles. The first-order chi connectivity index (χ1) is 7.93. The number of aryl methyl sites for hydroxylation is 1. The number of benzene rings is 1. The van der Waals surface area contributed by atoms with Crippen molar-refractivity contribution >= 4 is 21.4 Å². The number of rotatable bonds is 0. The predicted octanol–water partition coefficient (Wildman–Crippen LogP) is 4.73. The van der Waals surface area contributed by atoms with Gasteiger partial charge in [-0.05, 0) is 54.5 Å². The van der Waals surface area contributed by atoms with Crippen molar-refractivity contribution in [1.29, 1.82) is 0 Å². The normalized spacial score (nSPS) is 28.0. The Kier molecular flexibility index (Phi) is 1.92. The van der Waals surface area contributed by atoms with Crippen LogP contribution in [0.3, 0.4) is 0 Å². The summed E-state index contributed by atoms with van der Waals surface area (Å²) in [4.78, 5) is 1.75. The highest BCUT2D eigenvalue weighted by atomic mass is 32.1. The molecular formula is C15H16S. The molecule has 0 N–H and O–H groups in total. The second-order valence-electron chi connectivity index (χ2n) is 5.28. The Bertz CT molecular complexity index is 537. The van der Waals surface area contributed by atoms with Gasteiger partial charge < -0.3 is 0 Å². The summed E-state index contributed by atoms with van der Waals surface area (Å²) in [6.45, 7) is 0. The monoisotopic (exact) mass is 228 g/mol. The molecule has 0 radical (unpaired) electrons. The van der Waals surface area contributed by atoms with E-state index in [0.717, 1.165) is 11.8 Å². The van der Waals surface area contributed by atoms with Gasteiger partial charge in [-0.3, -0.25) is 0 Å². The van der Waals surface area contributed by atoms with E-state index in [2.05, 4.69) is 35.6 Å². The van der Waals surface area contributed by atoms with E-state index in [4.69, 9.17) is 0 Å². The van der Waals surface area contributed by atoms with E-state index >= 15 is 0 Å². The molecule has 1 fully saturated rings. The van der Waals surface area contributed by atoms with Crippen molar-refractivity contribution < 1.29 is 0 Å². The summed E-state index contributed by atoms with van der Waals surface area (Å²) in [5, 5.41) is 1.55. The minimum Gasteiger partial charge on any atom is -0.140 e. The first kappa shape index (κ1) is 9.23. The standard InChI is InChI=1S/C15H16S/c1-2-7-14-12(5-1)13-9-8-10-4-3-6-11(10)15(13)16-14/h1-2,5,7,10-11H,3-4,6,8-9H2. The fourth-order valence-corrected chi connectivity index (χ4v) is 5.21. The van der Waals surface area contributed by atoms with Crippen LogP contribution in [-0.2, 0) is 6.42 Å². The van der Waals surface area contributed by atoms with Crippen LogP contribution in [0.25, 0.3) is 10.1 Å². The lowest BCUT2D eigenvalue weighted by molar-refractivity contribution is 0.431. The van der Waals surface area contributed by atoms with Crippen LogP contribution in [0.15, 0.2) is 24.3 Å². The molecule has 16 heavy (non-hydrogen) atoms. The number of thiophene rings is 1. The molecule has 1 heterocycles. The number of hydrogen-bond acceptors (Lipinski definition) is 1. The summed E-state index contributed by atoms with van der Waals surface area (Å²) in [5.41, 5.74) is 1.70. The average Bonchev–Trinajstić information content (AvgIpc) is 2.92. The summed E-state index contributed by atoms with van der Waals surface area (Å²) in [6, 6.07) is 8.98. The third-order valence-electron chi connectivity index (χ3n) is 4.49. The van der Waals surface area contributed by atoms with Crippen LogP contribution in [0.2, 0.25) is 0 Å². The van der Waals surface area contributed by atoms with Crippen LogP contribution < -0.4 is 0 Å². The van der Waals surface area contributed by atoms with Crippen molar-refractivity contribution in [3.8, 4) is 0 Å². The molecule has 4 rings (SSSR count). The zero-order valence-electron chi connectivity index (χ0n) is 9.41. The summed E-state index contributed by atoms with van der Waals surface area (Å²) >= 11 is 2.08. The van der Waals surface area contributed by atoms with E-state index in [1.165, 1.54) is 36.8 Å². The third-order valence-corrected chi connectivity index (χ3v) is 5.84. The van der Waals surface area contributed by atoms with Crippen LogP contribution in [-0.4, -0.2) is 0 Å². The SMILES string of the molecule is c1ccc2c3c(sc2c1)C1CCCC1CC3. The van der Waals surface area contributed by atoms with Gasteiger partial charge in [0.25, 0.3) is 0 Å². The van der Waals surface area contributed by atoms with Gasteiger partial charge in [0, 0.05) is 9.58 Å². The van der Waals surface area contributed by atoms with E-state index in [1.807, 2.05) is 0 Å². The minimum atomic E-state index is 0.918.